The molecule has 118 valence electrons. The molecule has 6 heteroatoms. The molecule has 1 aromatic heterocycles. The monoisotopic (exact) mass is 310 g/mol. The molecule has 0 aliphatic heterocycles. The van der Waals surface area contributed by atoms with Crippen LogP contribution < -0.4 is 11.1 Å². The molecule has 0 saturated heterocycles. The molecular weight excluding hydrogens is 284 g/mol. The van der Waals surface area contributed by atoms with Crippen LogP contribution in [0.25, 0.3) is 0 Å². The van der Waals surface area contributed by atoms with Crippen LogP contribution >= 0.6 is 11.3 Å². The number of thiazole rings is 1. The predicted molar refractivity (Wildman–Crippen MR) is 88.8 cm³/mol. The van der Waals surface area contributed by atoms with Crippen molar-refractivity contribution in [2.24, 2.45) is 5.92 Å². The van der Waals surface area contributed by atoms with Crippen LogP contribution in [0.5, 0.6) is 0 Å². The van der Waals surface area contributed by atoms with Crippen molar-refractivity contribution in [1.29, 1.82) is 0 Å². The second-order valence-corrected chi connectivity index (χ2v) is 7.05. The van der Waals surface area contributed by atoms with Gasteiger partial charge in [-0.1, -0.05) is 38.0 Å². The van der Waals surface area contributed by atoms with E-state index in [2.05, 4.69) is 24.1 Å². The largest absolute Gasteiger partial charge is 0.382 e. The van der Waals surface area contributed by atoms with Gasteiger partial charge in [0.15, 0.2) is 5.13 Å². The zero-order valence-corrected chi connectivity index (χ0v) is 14.0. The third-order valence-electron chi connectivity index (χ3n) is 3.76. The zero-order chi connectivity index (χ0) is 15.4. The first kappa shape index (κ1) is 16.1. The number of hydrogen-bond donors (Lipinski definition) is 2. The highest BCUT2D eigenvalue weighted by molar-refractivity contribution is 7.18. The molecule has 1 aromatic rings. The Labute approximate surface area is 130 Å². The number of nitrogen functional groups attached to an aromatic ring is 1. The minimum Gasteiger partial charge on any atom is -0.382 e. The molecule has 1 fully saturated rings. The van der Waals surface area contributed by atoms with E-state index < -0.39 is 0 Å². The number of nitrogens with two attached hydrogens (primary N) is 1. The van der Waals surface area contributed by atoms with E-state index in [1.54, 1.807) is 0 Å². The Morgan fingerprint density at radius 2 is 2.14 bits per heavy atom. The van der Waals surface area contributed by atoms with Crippen molar-refractivity contribution >= 4 is 28.2 Å². The van der Waals surface area contributed by atoms with Crippen LogP contribution in [0.4, 0.5) is 10.9 Å². The molecule has 1 amide bonds. The van der Waals surface area contributed by atoms with Gasteiger partial charge in [0.25, 0.3) is 5.91 Å². The van der Waals surface area contributed by atoms with E-state index in [4.69, 9.17) is 5.73 Å². The summed E-state index contributed by atoms with van der Waals surface area (Å²) in [5.41, 5.74) is 5.95. The summed E-state index contributed by atoms with van der Waals surface area (Å²) in [5, 5.41) is 3.86. The first-order valence-corrected chi connectivity index (χ1v) is 8.65. The lowest BCUT2D eigenvalue weighted by Gasteiger charge is -2.30. The molecule has 0 spiro atoms. The number of anilines is 2. The van der Waals surface area contributed by atoms with E-state index in [1.807, 2.05) is 11.8 Å². The number of aromatic nitrogens is 1. The molecule has 0 unspecified atom stereocenters. The van der Waals surface area contributed by atoms with Gasteiger partial charge in [0.1, 0.15) is 10.7 Å². The van der Waals surface area contributed by atoms with Crippen LogP contribution in [-0.4, -0.2) is 34.9 Å². The lowest BCUT2D eigenvalue weighted by molar-refractivity contribution is 0.0661. The van der Waals surface area contributed by atoms with Crippen molar-refractivity contribution in [1.82, 2.24) is 9.88 Å². The minimum absolute atomic E-state index is 0.0507. The summed E-state index contributed by atoms with van der Waals surface area (Å²) in [6.45, 7) is 7.86. The molecule has 0 aromatic carbocycles. The lowest BCUT2D eigenvalue weighted by Crippen LogP contribution is -2.41. The quantitative estimate of drug-likeness (QED) is 0.846. The Morgan fingerprint density at radius 3 is 2.71 bits per heavy atom. The van der Waals surface area contributed by atoms with Crippen molar-refractivity contribution in [3.8, 4) is 0 Å². The van der Waals surface area contributed by atoms with Gasteiger partial charge in [-0.05, 0) is 25.7 Å². The van der Waals surface area contributed by atoms with Gasteiger partial charge in [0.05, 0.1) is 0 Å². The number of carbonyl (C=O) groups excluding carboxylic acids is 1. The average Bonchev–Trinajstić information content (AvgIpc) is 3.05. The molecule has 21 heavy (non-hydrogen) atoms. The number of nitrogens with zero attached hydrogens (tertiary/aromatic N) is 2. The van der Waals surface area contributed by atoms with Gasteiger partial charge in [0.2, 0.25) is 0 Å². The molecule has 0 atom stereocenters. The van der Waals surface area contributed by atoms with Gasteiger partial charge < -0.3 is 16.0 Å². The summed E-state index contributed by atoms with van der Waals surface area (Å²) in [6, 6.07) is 0.365. The second kappa shape index (κ2) is 7.11. The molecular formula is C15H26N4OS. The van der Waals surface area contributed by atoms with Gasteiger partial charge in [0, 0.05) is 19.1 Å². The normalized spacial score (nSPS) is 15.6. The summed E-state index contributed by atoms with van der Waals surface area (Å²) in [6.07, 6.45) is 4.65. The van der Waals surface area contributed by atoms with E-state index >= 15 is 0 Å². The maximum absolute atomic E-state index is 12.9. The Morgan fingerprint density at radius 1 is 1.48 bits per heavy atom. The van der Waals surface area contributed by atoms with Crippen molar-refractivity contribution in [3.05, 3.63) is 4.88 Å². The molecule has 5 nitrogen and oxygen atoms in total. The summed E-state index contributed by atoms with van der Waals surface area (Å²) >= 11 is 1.37. The van der Waals surface area contributed by atoms with Crippen molar-refractivity contribution in [2.75, 3.05) is 24.1 Å². The first-order chi connectivity index (χ1) is 10.0. The standard InChI is InChI=1S/C15H26N4OS/c1-4-17-15-18-13(16)12(21-15)14(20)19(9-10(2)3)11-7-5-6-8-11/h10-11H,4-9,16H2,1-3H3,(H,17,18). The molecule has 0 radical (unpaired) electrons. The summed E-state index contributed by atoms with van der Waals surface area (Å²) in [4.78, 5) is 19.7. The van der Waals surface area contributed by atoms with Crippen LogP contribution in [0.15, 0.2) is 0 Å². The Hall–Kier alpha value is -1.30. The lowest BCUT2D eigenvalue weighted by atomic mass is 10.1. The summed E-state index contributed by atoms with van der Waals surface area (Å²) in [7, 11) is 0. The smallest absolute Gasteiger partial charge is 0.268 e. The molecule has 1 heterocycles. The fraction of sp³-hybridized carbons (Fsp3) is 0.733. The SMILES string of the molecule is CCNc1nc(N)c(C(=O)N(CC(C)C)C2CCCC2)s1. The van der Waals surface area contributed by atoms with Crippen molar-refractivity contribution in [2.45, 2.75) is 52.5 Å². The molecule has 0 bridgehead atoms. The number of hydrogen-bond acceptors (Lipinski definition) is 5. The van der Waals surface area contributed by atoms with E-state index in [1.165, 1.54) is 24.2 Å². The molecule has 3 N–H and O–H groups in total. The Kier molecular flexibility index (Phi) is 5.45. The fourth-order valence-corrected chi connectivity index (χ4v) is 3.76. The van der Waals surface area contributed by atoms with Crippen LogP contribution in [0.2, 0.25) is 0 Å². The summed E-state index contributed by atoms with van der Waals surface area (Å²) < 4.78 is 0. The average molecular weight is 310 g/mol. The Balaban J connectivity index is 2.20. The maximum Gasteiger partial charge on any atom is 0.268 e. The molecule has 2 rings (SSSR count). The van der Waals surface area contributed by atoms with E-state index in [0.717, 1.165) is 31.1 Å². The third-order valence-corrected chi connectivity index (χ3v) is 4.78. The zero-order valence-electron chi connectivity index (χ0n) is 13.2. The van der Waals surface area contributed by atoms with Gasteiger partial charge in [-0.25, -0.2) is 4.98 Å². The van der Waals surface area contributed by atoms with Gasteiger partial charge in [-0.2, -0.15) is 0 Å². The first-order valence-electron chi connectivity index (χ1n) is 7.84. The number of carbonyl (C=O) groups is 1. The highest BCUT2D eigenvalue weighted by Gasteiger charge is 2.30. The van der Waals surface area contributed by atoms with Crippen LogP contribution in [-0.2, 0) is 0 Å². The highest BCUT2D eigenvalue weighted by atomic mass is 32.1. The van der Waals surface area contributed by atoms with Gasteiger partial charge in [-0.15, -0.1) is 0 Å². The predicted octanol–water partition coefficient (Wildman–Crippen LogP) is 3.20. The van der Waals surface area contributed by atoms with Crippen LogP contribution in [0, 0.1) is 5.92 Å². The minimum atomic E-state index is 0.0507. The van der Waals surface area contributed by atoms with Crippen LogP contribution in [0.1, 0.15) is 56.1 Å². The number of rotatable bonds is 6. The summed E-state index contributed by atoms with van der Waals surface area (Å²) in [5.74, 6) is 0.861. The molecule has 1 aliphatic rings. The van der Waals surface area contributed by atoms with Crippen LogP contribution in [0.3, 0.4) is 0 Å². The van der Waals surface area contributed by atoms with Gasteiger partial charge >= 0.3 is 0 Å². The van der Waals surface area contributed by atoms with E-state index in [0.29, 0.717) is 22.7 Å². The van der Waals surface area contributed by atoms with Gasteiger partial charge in [-0.3, -0.25) is 4.79 Å². The van der Waals surface area contributed by atoms with Crippen molar-refractivity contribution in [3.63, 3.8) is 0 Å². The number of amides is 1. The van der Waals surface area contributed by atoms with E-state index in [9.17, 15) is 4.79 Å². The highest BCUT2D eigenvalue weighted by Crippen LogP contribution is 2.30. The number of nitrogens with one attached hydrogen (secondary N) is 1. The molecule has 1 saturated carbocycles. The second-order valence-electron chi connectivity index (χ2n) is 6.05. The Bertz CT molecular complexity index is 480. The molecule has 1 aliphatic carbocycles. The fourth-order valence-electron chi connectivity index (χ4n) is 2.85. The third kappa shape index (κ3) is 3.87. The van der Waals surface area contributed by atoms with E-state index in [-0.39, 0.29) is 5.91 Å². The topological polar surface area (TPSA) is 71.2 Å². The van der Waals surface area contributed by atoms with Crippen molar-refractivity contribution < 1.29 is 4.79 Å². The maximum atomic E-state index is 12.9.